The number of aromatic amines is 1. The maximum absolute atomic E-state index is 5.87. The number of thioether (sulfide) groups is 1. The Morgan fingerprint density at radius 3 is 2.48 bits per heavy atom. The zero-order valence-corrected chi connectivity index (χ0v) is 13.1. The molecule has 0 bridgehead atoms. The van der Waals surface area contributed by atoms with E-state index in [1.54, 1.807) is 11.8 Å². The van der Waals surface area contributed by atoms with E-state index in [2.05, 4.69) is 34.2 Å². The van der Waals surface area contributed by atoms with E-state index in [9.17, 15) is 0 Å². The molecule has 106 valence electrons. The van der Waals surface area contributed by atoms with Crippen LogP contribution in [0.5, 0.6) is 0 Å². The molecule has 0 saturated heterocycles. The van der Waals surface area contributed by atoms with Crippen LogP contribution in [0.4, 0.5) is 0 Å². The zero-order chi connectivity index (χ0) is 14.7. The Labute approximate surface area is 132 Å². The van der Waals surface area contributed by atoms with Gasteiger partial charge in [0.2, 0.25) is 5.16 Å². The highest BCUT2D eigenvalue weighted by atomic mass is 35.5. The predicted octanol–water partition coefficient (Wildman–Crippen LogP) is 4.73. The molecule has 3 aromatic rings. The van der Waals surface area contributed by atoms with Crippen LogP contribution in [0.25, 0.3) is 11.4 Å². The van der Waals surface area contributed by atoms with Gasteiger partial charge in [-0.05, 0) is 24.6 Å². The van der Waals surface area contributed by atoms with Crippen molar-refractivity contribution in [3.63, 3.8) is 0 Å². The Kier molecular flexibility index (Phi) is 4.27. The molecule has 0 amide bonds. The van der Waals surface area contributed by atoms with Crippen molar-refractivity contribution in [2.75, 3.05) is 0 Å². The van der Waals surface area contributed by atoms with Gasteiger partial charge in [0.05, 0.1) is 0 Å². The van der Waals surface area contributed by atoms with Gasteiger partial charge in [-0.3, -0.25) is 5.10 Å². The van der Waals surface area contributed by atoms with Crippen LogP contribution in [0.3, 0.4) is 0 Å². The minimum Gasteiger partial charge on any atom is -0.258 e. The van der Waals surface area contributed by atoms with E-state index < -0.39 is 0 Å². The standard InChI is InChI=1S/C16H14ClN3S/c1-11-2-6-13(7-3-11)15-18-16(20-19-15)21-10-12-4-8-14(17)9-5-12/h2-9H,10H2,1H3,(H,18,19,20). The number of aryl methyl sites for hydroxylation is 1. The lowest BCUT2D eigenvalue weighted by Crippen LogP contribution is -1.82. The molecule has 0 saturated carbocycles. The van der Waals surface area contributed by atoms with Gasteiger partial charge in [-0.15, -0.1) is 5.10 Å². The maximum Gasteiger partial charge on any atom is 0.209 e. The van der Waals surface area contributed by atoms with Crippen molar-refractivity contribution in [3.8, 4) is 11.4 Å². The predicted molar refractivity (Wildman–Crippen MR) is 87.6 cm³/mol. The van der Waals surface area contributed by atoms with Crippen molar-refractivity contribution in [1.82, 2.24) is 15.2 Å². The van der Waals surface area contributed by atoms with E-state index in [1.807, 2.05) is 36.4 Å². The second-order valence-corrected chi connectivity index (χ2v) is 6.13. The molecule has 21 heavy (non-hydrogen) atoms. The fourth-order valence-electron chi connectivity index (χ4n) is 1.88. The summed E-state index contributed by atoms with van der Waals surface area (Å²) < 4.78 is 0. The lowest BCUT2D eigenvalue weighted by atomic mass is 10.1. The van der Waals surface area contributed by atoms with Crippen LogP contribution in [0.1, 0.15) is 11.1 Å². The third kappa shape index (κ3) is 3.65. The van der Waals surface area contributed by atoms with Crippen molar-refractivity contribution in [3.05, 3.63) is 64.7 Å². The van der Waals surface area contributed by atoms with Crippen LogP contribution in [0, 0.1) is 6.92 Å². The molecule has 0 spiro atoms. The smallest absolute Gasteiger partial charge is 0.209 e. The Morgan fingerprint density at radius 1 is 1.05 bits per heavy atom. The molecule has 1 N–H and O–H groups in total. The summed E-state index contributed by atoms with van der Waals surface area (Å²) in [6.07, 6.45) is 0. The first kappa shape index (κ1) is 14.2. The van der Waals surface area contributed by atoms with Crippen LogP contribution in [0.15, 0.2) is 53.7 Å². The summed E-state index contributed by atoms with van der Waals surface area (Å²) in [5.41, 5.74) is 3.48. The van der Waals surface area contributed by atoms with Gasteiger partial charge in [0.25, 0.3) is 0 Å². The summed E-state index contributed by atoms with van der Waals surface area (Å²) in [5.74, 6) is 1.62. The van der Waals surface area contributed by atoms with Gasteiger partial charge < -0.3 is 0 Å². The average molecular weight is 316 g/mol. The molecule has 0 fully saturated rings. The number of halogens is 1. The SMILES string of the molecule is Cc1ccc(-c2nc(SCc3ccc(Cl)cc3)n[nH]2)cc1. The monoisotopic (exact) mass is 315 g/mol. The first-order valence-corrected chi connectivity index (χ1v) is 7.94. The number of hydrogen-bond donors (Lipinski definition) is 1. The van der Waals surface area contributed by atoms with Crippen molar-refractivity contribution in [1.29, 1.82) is 0 Å². The Morgan fingerprint density at radius 2 is 1.76 bits per heavy atom. The topological polar surface area (TPSA) is 41.6 Å². The molecule has 5 heteroatoms. The molecule has 3 rings (SSSR count). The minimum atomic E-state index is 0.750. The van der Waals surface area contributed by atoms with Crippen molar-refractivity contribution >= 4 is 23.4 Å². The van der Waals surface area contributed by atoms with Crippen molar-refractivity contribution in [2.45, 2.75) is 17.8 Å². The van der Waals surface area contributed by atoms with E-state index in [0.29, 0.717) is 0 Å². The Hall–Kier alpha value is -1.78. The molecule has 0 aliphatic carbocycles. The highest BCUT2D eigenvalue weighted by Crippen LogP contribution is 2.23. The minimum absolute atomic E-state index is 0.750. The second-order valence-electron chi connectivity index (χ2n) is 4.75. The molecule has 0 radical (unpaired) electrons. The molecular formula is C16H14ClN3S. The van der Waals surface area contributed by atoms with Gasteiger partial charge >= 0.3 is 0 Å². The third-order valence-electron chi connectivity index (χ3n) is 3.07. The first-order chi connectivity index (χ1) is 10.2. The van der Waals surface area contributed by atoms with E-state index in [4.69, 9.17) is 11.6 Å². The average Bonchev–Trinajstić information content (AvgIpc) is 2.96. The lowest BCUT2D eigenvalue weighted by Gasteiger charge is -1.98. The third-order valence-corrected chi connectivity index (χ3v) is 4.24. The number of H-pyrrole nitrogens is 1. The van der Waals surface area contributed by atoms with Crippen molar-refractivity contribution in [2.24, 2.45) is 0 Å². The molecule has 0 atom stereocenters. The lowest BCUT2D eigenvalue weighted by molar-refractivity contribution is 0.973. The fourth-order valence-corrected chi connectivity index (χ4v) is 2.76. The zero-order valence-electron chi connectivity index (χ0n) is 11.5. The van der Waals surface area contributed by atoms with Crippen LogP contribution >= 0.6 is 23.4 Å². The molecule has 1 heterocycles. The van der Waals surface area contributed by atoms with E-state index >= 15 is 0 Å². The van der Waals surface area contributed by atoms with Gasteiger partial charge in [-0.1, -0.05) is 65.3 Å². The number of nitrogens with zero attached hydrogens (tertiary/aromatic N) is 2. The summed E-state index contributed by atoms with van der Waals surface area (Å²) >= 11 is 7.48. The van der Waals surface area contributed by atoms with Gasteiger partial charge in [0, 0.05) is 16.3 Å². The summed E-state index contributed by atoms with van der Waals surface area (Å²) in [6, 6.07) is 16.1. The van der Waals surface area contributed by atoms with Crippen LogP contribution < -0.4 is 0 Å². The van der Waals surface area contributed by atoms with E-state index in [-0.39, 0.29) is 0 Å². The largest absolute Gasteiger partial charge is 0.258 e. The molecular weight excluding hydrogens is 302 g/mol. The summed E-state index contributed by atoms with van der Waals surface area (Å²) in [6.45, 7) is 2.07. The fraction of sp³-hybridized carbons (Fsp3) is 0.125. The normalized spacial score (nSPS) is 10.8. The highest BCUT2D eigenvalue weighted by molar-refractivity contribution is 7.98. The van der Waals surface area contributed by atoms with Gasteiger partial charge in [0.1, 0.15) is 0 Å². The number of aromatic nitrogens is 3. The van der Waals surface area contributed by atoms with Crippen LogP contribution in [-0.4, -0.2) is 15.2 Å². The van der Waals surface area contributed by atoms with E-state index in [0.717, 1.165) is 27.3 Å². The number of nitrogens with one attached hydrogen (secondary N) is 1. The van der Waals surface area contributed by atoms with E-state index in [1.165, 1.54) is 11.1 Å². The van der Waals surface area contributed by atoms with Gasteiger partial charge in [-0.2, -0.15) is 0 Å². The summed E-state index contributed by atoms with van der Waals surface area (Å²) in [7, 11) is 0. The first-order valence-electron chi connectivity index (χ1n) is 6.57. The Bertz CT molecular complexity index is 720. The van der Waals surface area contributed by atoms with Crippen LogP contribution in [-0.2, 0) is 5.75 Å². The quantitative estimate of drug-likeness (QED) is 0.708. The van der Waals surface area contributed by atoms with Gasteiger partial charge in [0.15, 0.2) is 5.82 Å². The number of rotatable bonds is 4. The molecule has 0 aliphatic rings. The highest BCUT2D eigenvalue weighted by Gasteiger charge is 2.06. The maximum atomic E-state index is 5.87. The molecule has 0 aliphatic heterocycles. The van der Waals surface area contributed by atoms with Crippen molar-refractivity contribution < 1.29 is 0 Å². The molecule has 3 nitrogen and oxygen atoms in total. The molecule has 1 aromatic heterocycles. The molecule has 0 unspecified atom stereocenters. The van der Waals surface area contributed by atoms with Crippen LogP contribution in [0.2, 0.25) is 5.02 Å². The summed E-state index contributed by atoms with van der Waals surface area (Å²) in [4.78, 5) is 4.51. The van der Waals surface area contributed by atoms with Gasteiger partial charge in [-0.25, -0.2) is 4.98 Å². The summed E-state index contributed by atoms with van der Waals surface area (Å²) in [5, 5.41) is 8.74. The Balaban J connectivity index is 1.67. The number of hydrogen-bond acceptors (Lipinski definition) is 3. The molecule has 2 aromatic carbocycles. The number of benzene rings is 2. The second kappa shape index (κ2) is 6.33.